The summed E-state index contributed by atoms with van der Waals surface area (Å²) >= 11 is 3.05. The maximum Gasteiger partial charge on any atom is 0.145 e. The second-order valence-corrected chi connectivity index (χ2v) is 4.96. The van der Waals surface area contributed by atoms with Gasteiger partial charge in [-0.05, 0) is 40.7 Å². The van der Waals surface area contributed by atoms with Gasteiger partial charge in [0.1, 0.15) is 11.6 Å². The molecular formula is C13H14BrF2N3. The number of aromatic nitrogens is 2. The van der Waals surface area contributed by atoms with Crippen molar-refractivity contribution in [3.63, 3.8) is 0 Å². The highest BCUT2D eigenvalue weighted by atomic mass is 79.9. The van der Waals surface area contributed by atoms with Gasteiger partial charge in [0.15, 0.2) is 0 Å². The van der Waals surface area contributed by atoms with Crippen LogP contribution in [0.4, 0.5) is 8.78 Å². The zero-order valence-electron chi connectivity index (χ0n) is 10.5. The lowest BCUT2D eigenvalue weighted by Gasteiger charge is -2.06. The van der Waals surface area contributed by atoms with Crippen molar-refractivity contribution in [1.82, 2.24) is 15.1 Å². The molecule has 0 radical (unpaired) electrons. The van der Waals surface area contributed by atoms with Gasteiger partial charge in [0, 0.05) is 18.3 Å². The topological polar surface area (TPSA) is 29.9 Å². The first-order chi connectivity index (χ1) is 9.11. The van der Waals surface area contributed by atoms with Crippen LogP contribution in [0.15, 0.2) is 28.9 Å². The van der Waals surface area contributed by atoms with Crippen molar-refractivity contribution in [3.8, 4) is 0 Å². The van der Waals surface area contributed by atoms with E-state index in [2.05, 4.69) is 26.3 Å². The van der Waals surface area contributed by atoms with Gasteiger partial charge in [0.2, 0.25) is 0 Å². The normalized spacial score (nSPS) is 10.9. The van der Waals surface area contributed by atoms with E-state index >= 15 is 0 Å². The Morgan fingerprint density at radius 1 is 1.32 bits per heavy atom. The summed E-state index contributed by atoms with van der Waals surface area (Å²) in [5, 5.41) is 7.40. The molecule has 102 valence electrons. The first-order valence-electron chi connectivity index (χ1n) is 5.97. The fourth-order valence-electron chi connectivity index (χ4n) is 1.72. The highest BCUT2D eigenvalue weighted by Crippen LogP contribution is 2.22. The van der Waals surface area contributed by atoms with E-state index in [1.165, 1.54) is 16.8 Å². The Balaban J connectivity index is 2.17. The molecule has 0 aliphatic heterocycles. The summed E-state index contributed by atoms with van der Waals surface area (Å²) in [5.74, 6) is -1.15. The summed E-state index contributed by atoms with van der Waals surface area (Å²) in [6.07, 6.45) is 1.71. The van der Waals surface area contributed by atoms with Crippen molar-refractivity contribution in [2.75, 3.05) is 6.54 Å². The number of nitrogens with zero attached hydrogens (tertiary/aromatic N) is 2. The minimum atomic E-state index is -0.580. The SMILES string of the molecule is CCNCc1ccn(Cc2c(F)ccc(Br)c2F)n1. The molecule has 19 heavy (non-hydrogen) atoms. The zero-order chi connectivity index (χ0) is 13.8. The molecule has 1 aromatic carbocycles. The van der Waals surface area contributed by atoms with E-state index in [-0.39, 0.29) is 16.6 Å². The molecule has 3 nitrogen and oxygen atoms in total. The van der Waals surface area contributed by atoms with E-state index in [1.807, 2.05) is 13.0 Å². The van der Waals surface area contributed by atoms with Crippen LogP contribution < -0.4 is 5.32 Å². The molecule has 0 spiro atoms. The zero-order valence-corrected chi connectivity index (χ0v) is 12.0. The molecule has 0 saturated carbocycles. The van der Waals surface area contributed by atoms with E-state index in [1.54, 1.807) is 6.20 Å². The third-order valence-electron chi connectivity index (χ3n) is 2.71. The maximum absolute atomic E-state index is 13.8. The van der Waals surface area contributed by atoms with Crippen molar-refractivity contribution >= 4 is 15.9 Å². The molecule has 0 bridgehead atoms. The number of hydrogen-bond donors (Lipinski definition) is 1. The Labute approximate surface area is 118 Å². The Bertz CT molecular complexity index is 569. The minimum Gasteiger partial charge on any atom is -0.311 e. The quantitative estimate of drug-likeness (QED) is 0.854. The average molecular weight is 330 g/mol. The molecule has 0 amide bonds. The van der Waals surface area contributed by atoms with Gasteiger partial charge in [-0.25, -0.2) is 8.78 Å². The molecule has 1 N–H and O–H groups in total. The van der Waals surface area contributed by atoms with Crippen LogP contribution in [-0.2, 0) is 13.1 Å². The van der Waals surface area contributed by atoms with Crippen molar-refractivity contribution in [2.45, 2.75) is 20.0 Å². The molecule has 6 heteroatoms. The van der Waals surface area contributed by atoms with Crippen LogP contribution in [0.1, 0.15) is 18.2 Å². The molecule has 1 aromatic heterocycles. The number of halogens is 3. The van der Waals surface area contributed by atoms with Gasteiger partial charge in [-0.1, -0.05) is 6.92 Å². The lowest BCUT2D eigenvalue weighted by Crippen LogP contribution is -2.13. The molecule has 0 aliphatic carbocycles. The van der Waals surface area contributed by atoms with Gasteiger partial charge in [-0.2, -0.15) is 5.10 Å². The van der Waals surface area contributed by atoms with Crippen LogP contribution in [0, 0.1) is 11.6 Å². The van der Waals surface area contributed by atoms with Gasteiger partial charge < -0.3 is 5.32 Å². The lowest BCUT2D eigenvalue weighted by atomic mass is 10.2. The second kappa shape index (κ2) is 6.25. The van der Waals surface area contributed by atoms with Crippen LogP contribution in [0.25, 0.3) is 0 Å². The fourth-order valence-corrected chi connectivity index (χ4v) is 2.09. The molecule has 0 unspecified atom stereocenters. The van der Waals surface area contributed by atoms with E-state index in [0.717, 1.165) is 12.2 Å². The standard InChI is InChI=1S/C13H14BrF2N3/c1-2-17-7-9-5-6-19(18-9)8-10-12(15)4-3-11(14)13(10)16/h3-6,17H,2,7-8H2,1H3. The molecule has 2 aromatic rings. The predicted octanol–water partition coefficient (Wildman–Crippen LogP) is 3.08. The first kappa shape index (κ1) is 14.1. The summed E-state index contributed by atoms with van der Waals surface area (Å²) < 4.78 is 29.2. The second-order valence-electron chi connectivity index (χ2n) is 4.11. The number of hydrogen-bond acceptors (Lipinski definition) is 2. The van der Waals surface area contributed by atoms with Gasteiger partial charge in [0.05, 0.1) is 16.7 Å². The van der Waals surface area contributed by atoms with E-state index in [0.29, 0.717) is 6.54 Å². The molecule has 0 atom stereocenters. The Kier molecular flexibility index (Phi) is 4.66. The van der Waals surface area contributed by atoms with Crippen LogP contribution in [0.5, 0.6) is 0 Å². The fraction of sp³-hybridized carbons (Fsp3) is 0.308. The van der Waals surface area contributed by atoms with Crippen molar-refractivity contribution in [3.05, 3.63) is 51.8 Å². The molecule has 0 aliphatic rings. The van der Waals surface area contributed by atoms with Crippen molar-refractivity contribution in [2.24, 2.45) is 0 Å². The van der Waals surface area contributed by atoms with Crippen LogP contribution in [0.2, 0.25) is 0 Å². The highest BCUT2D eigenvalue weighted by Gasteiger charge is 2.13. The lowest BCUT2D eigenvalue weighted by molar-refractivity contribution is 0.527. The maximum atomic E-state index is 13.8. The third-order valence-corrected chi connectivity index (χ3v) is 3.32. The summed E-state index contributed by atoms with van der Waals surface area (Å²) in [5.41, 5.74) is 0.852. The van der Waals surface area contributed by atoms with Gasteiger partial charge in [-0.3, -0.25) is 4.68 Å². The molecule has 0 fully saturated rings. The largest absolute Gasteiger partial charge is 0.311 e. The number of rotatable bonds is 5. The van der Waals surface area contributed by atoms with Gasteiger partial charge >= 0.3 is 0 Å². The molecule has 0 saturated heterocycles. The van der Waals surface area contributed by atoms with Crippen molar-refractivity contribution < 1.29 is 8.78 Å². The monoisotopic (exact) mass is 329 g/mol. The van der Waals surface area contributed by atoms with E-state index in [9.17, 15) is 8.78 Å². The van der Waals surface area contributed by atoms with E-state index in [4.69, 9.17) is 0 Å². The van der Waals surface area contributed by atoms with Crippen LogP contribution in [0.3, 0.4) is 0 Å². The molecular weight excluding hydrogens is 316 g/mol. The summed E-state index contributed by atoms with van der Waals surface area (Å²) in [7, 11) is 0. The minimum absolute atomic E-state index is 0.00692. The van der Waals surface area contributed by atoms with Crippen molar-refractivity contribution in [1.29, 1.82) is 0 Å². The van der Waals surface area contributed by atoms with E-state index < -0.39 is 11.6 Å². The summed E-state index contributed by atoms with van der Waals surface area (Å²) in [6, 6.07) is 4.43. The first-order valence-corrected chi connectivity index (χ1v) is 6.76. The molecule has 2 rings (SSSR count). The molecule has 1 heterocycles. The number of benzene rings is 1. The Morgan fingerprint density at radius 2 is 2.11 bits per heavy atom. The van der Waals surface area contributed by atoms with Crippen LogP contribution >= 0.6 is 15.9 Å². The van der Waals surface area contributed by atoms with Gasteiger partial charge in [-0.15, -0.1) is 0 Å². The smallest absolute Gasteiger partial charge is 0.145 e. The number of nitrogens with one attached hydrogen (secondary N) is 1. The predicted molar refractivity (Wildman–Crippen MR) is 72.8 cm³/mol. The van der Waals surface area contributed by atoms with Gasteiger partial charge in [0.25, 0.3) is 0 Å². The Hall–Kier alpha value is -1.27. The third kappa shape index (κ3) is 3.39. The summed E-state index contributed by atoms with van der Waals surface area (Å²) in [6.45, 7) is 3.57. The highest BCUT2D eigenvalue weighted by molar-refractivity contribution is 9.10. The van der Waals surface area contributed by atoms with Crippen LogP contribution in [-0.4, -0.2) is 16.3 Å². The average Bonchev–Trinajstić information content (AvgIpc) is 2.84. The summed E-state index contributed by atoms with van der Waals surface area (Å²) in [4.78, 5) is 0. The Morgan fingerprint density at radius 3 is 2.84 bits per heavy atom.